The van der Waals surface area contributed by atoms with E-state index in [1.807, 2.05) is 29.2 Å². The molecular formula is C24H22N6O2S. The number of pyridine rings is 1. The van der Waals surface area contributed by atoms with Crippen molar-refractivity contribution in [3.8, 4) is 17.7 Å². The van der Waals surface area contributed by atoms with E-state index in [2.05, 4.69) is 21.0 Å². The molecule has 0 aliphatic heterocycles. The number of thiocarbonyl (C=S) groups is 1. The molecule has 1 aliphatic rings. The van der Waals surface area contributed by atoms with E-state index in [1.54, 1.807) is 43.4 Å². The van der Waals surface area contributed by atoms with E-state index >= 15 is 0 Å². The molecule has 1 aromatic carbocycles. The molecule has 2 heterocycles. The molecule has 8 nitrogen and oxygen atoms in total. The van der Waals surface area contributed by atoms with Gasteiger partial charge in [0.25, 0.3) is 5.91 Å². The summed E-state index contributed by atoms with van der Waals surface area (Å²) in [4.78, 5) is 29.2. The second-order valence-corrected chi connectivity index (χ2v) is 8.05. The van der Waals surface area contributed by atoms with E-state index in [1.165, 1.54) is 11.8 Å². The van der Waals surface area contributed by atoms with Gasteiger partial charge in [-0.2, -0.15) is 5.26 Å². The number of rotatable bonds is 7. The lowest BCUT2D eigenvalue weighted by atomic mass is 9.74. The minimum absolute atomic E-state index is 0.0675. The lowest BCUT2D eigenvalue weighted by molar-refractivity contribution is -0.125. The Morgan fingerprint density at radius 2 is 1.97 bits per heavy atom. The van der Waals surface area contributed by atoms with E-state index in [4.69, 9.17) is 22.2 Å². The van der Waals surface area contributed by atoms with Crippen molar-refractivity contribution < 1.29 is 9.53 Å². The lowest BCUT2D eigenvalue weighted by Gasteiger charge is -2.49. The maximum absolute atomic E-state index is 13.7. The van der Waals surface area contributed by atoms with Gasteiger partial charge in [-0.25, -0.2) is 15.0 Å². The summed E-state index contributed by atoms with van der Waals surface area (Å²) in [5.74, 6) is 0.997. The molecule has 1 aliphatic carbocycles. The van der Waals surface area contributed by atoms with Crippen molar-refractivity contribution in [2.75, 3.05) is 16.8 Å². The molecule has 4 rings (SSSR count). The molecule has 0 atom stereocenters. The van der Waals surface area contributed by atoms with Gasteiger partial charge in [-0.3, -0.25) is 4.79 Å². The quantitative estimate of drug-likeness (QED) is 0.486. The molecule has 33 heavy (non-hydrogen) atoms. The summed E-state index contributed by atoms with van der Waals surface area (Å²) >= 11 is 5.35. The highest BCUT2D eigenvalue weighted by Gasteiger charge is 2.50. The van der Waals surface area contributed by atoms with Crippen LogP contribution in [0.15, 0.2) is 55.1 Å². The van der Waals surface area contributed by atoms with Crippen LogP contribution < -0.4 is 14.5 Å². The maximum atomic E-state index is 13.7. The van der Waals surface area contributed by atoms with Crippen LogP contribution in [-0.2, 0) is 4.79 Å². The number of benzene rings is 1. The molecule has 1 fully saturated rings. The van der Waals surface area contributed by atoms with Crippen molar-refractivity contribution in [3.63, 3.8) is 0 Å². The molecule has 1 saturated carbocycles. The summed E-state index contributed by atoms with van der Waals surface area (Å²) in [5.41, 5.74) is 3.28. The fourth-order valence-corrected chi connectivity index (χ4v) is 4.23. The second kappa shape index (κ2) is 9.30. The minimum Gasteiger partial charge on any atom is -0.439 e. The second-order valence-electron chi connectivity index (χ2n) is 7.84. The Morgan fingerprint density at radius 1 is 1.21 bits per heavy atom. The van der Waals surface area contributed by atoms with Gasteiger partial charge in [0.2, 0.25) is 5.88 Å². The first-order chi connectivity index (χ1) is 16.0. The first kappa shape index (κ1) is 22.3. The highest BCUT2D eigenvalue weighted by atomic mass is 32.1. The largest absolute Gasteiger partial charge is 0.439 e. The van der Waals surface area contributed by atoms with E-state index in [9.17, 15) is 4.79 Å². The van der Waals surface area contributed by atoms with Crippen LogP contribution in [0.4, 0.5) is 11.4 Å². The van der Waals surface area contributed by atoms with Gasteiger partial charge >= 0.3 is 0 Å². The minimum atomic E-state index is -0.771. The predicted octanol–water partition coefficient (Wildman–Crippen LogP) is 4.19. The molecule has 0 saturated heterocycles. The number of carbonyl (C=O) groups excluding carboxylic acids is 1. The molecule has 0 radical (unpaired) electrons. The van der Waals surface area contributed by atoms with Gasteiger partial charge in [0.15, 0.2) is 0 Å². The number of amides is 1. The van der Waals surface area contributed by atoms with Gasteiger partial charge in [-0.1, -0.05) is 12.2 Å². The molecule has 2 aromatic heterocycles. The summed E-state index contributed by atoms with van der Waals surface area (Å²) < 4.78 is 5.74. The van der Waals surface area contributed by atoms with Crippen LogP contribution in [-0.4, -0.2) is 38.9 Å². The van der Waals surface area contributed by atoms with Crippen LogP contribution in [0.3, 0.4) is 0 Å². The number of likely N-dealkylation sites (N-methyl/N-ethyl adjacent to an activating group) is 1. The van der Waals surface area contributed by atoms with E-state index in [-0.39, 0.29) is 5.91 Å². The van der Waals surface area contributed by atoms with Crippen LogP contribution in [0.25, 0.3) is 0 Å². The maximum Gasteiger partial charge on any atom is 0.253 e. The highest BCUT2D eigenvalue weighted by molar-refractivity contribution is 7.79. The SMILES string of the molecule is Cc1cc(N(C)C(=O)C2(N(C=S)c3ccc(Oc4ccncn4)cc3)CCC2)cnc1C#N. The monoisotopic (exact) mass is 458 g/mol. The van der Waals surface area contributed by atoms with Gasteiger partial charge in [0.1, 0.15) is 29.4 Å². The van der Waals surface area contributed by atoms with Crippen molar-refractivity contribution in [1.82, 2.24) is 15.0 Å². The Labute approximate surface area is 197 Å². The lowest BCUT2D eigenvalue weighted by Crippen LogP contribution is -2.63. The van der Waals surface area contributed by atoms with E-state index in [0.717, 1.165) is 17.7 Å². The van der Waals surface area contributed by atoms with Crippen LogP contribution in [0.2, 0.25) is 0 Å². The van der Waals surface area contributed by atoms with Gasteiger partial charge in [0.05, 0.1) is 17.4 Å². The first-order valence-corrected chi connectivity index (χ1v) is 10.9. The van der Waals surface area contributed by atoms with E-state index in [0.29, 0.717) is 35.9 Å². The molecule has 0 bridgehead atoms. The van der Waals surface area contributed by atoms with Crippen molar-refractivity contribution in [2.24, 2.45) is 0 Å². The number of nitriles is 1. The summed E-state index contributed by atoms with van der Waals surface area (Å²) in [7, 11) is 1.73. The van der Waals surface area contributed by atoms with Gasteiger partial charge in [-0.05, 0) is 62.1 Å². The van der Waals surface area contributed by atoms with Crippen molar-refractivity contribution >= 4 is 35.0 Å². The zero-order valence-corrected chi connectivity index (χ0v) is 19.1. The molecule has 9 heteroatoms. The summed E-state index contributed by atoms with van der Waals surface area (Å²) in [6.45, 7) is 1.81. The number of nitrogens with zero attached hydrogens (tertiary/aromatic N) is 6. The van der Waals surface area contributed by atoms with E-state index < -0.39 is 5.54 Å². The number of ether oxygens (including phenoxy) is 1. The fourth-order valence-electron chi connectivity index (χ4n) is 3.90. The van der Waals surface area contributed by atoms with Gasteiger partial charge in [-0.15, -0.1) is 0 Å². The Hall–Kier alpha value is -3.90. The van der Waals surface area contributed by atoms with Crippen LogP contribution in [0.5, 0.6) is 11.6 Å². The number of aryl methyl sites for hydroxylation is 1. The average Bonchev–Trinajstić information content (AvgIpc) is 2.81. The highest BCUT2D eigenvalue weighted by Crippen LogP contribution is 2.42. The molecule has 1 amide bonds. The Balaban J connectivity index is 1.58. The van der Waals surface area contributed by atoms with Crippen molar-refractivity contribution in [3.05, 3.63) is 66.4 Å². The van der Waals surface area contributed by atoms with Crippen molar-refractivity contribution in [2.45, 2.75) is 31.7 Å². The van der Waals surface area contributed by atoms with Crippen LogP contribution >= 0.6 is 12.2 Å². The third kappa shape index (κ3) is 4.25. The average molecular weight is 459 g/mol. The normalized spacial score (nSPS) is 13.8. The Morgan fingerprint density at radius 3 is 2.52 bits per heavy atom. The molecule has 0 N–H and O–H groups in total. The number of aromatic nitrogens is 3. The zero-order chi connectivity index (χ0) is 23.4. The van der Waals surface area contributed by atoms with Crippen LogP contribution in [0.1, 0.15) is 30.5 Å². The standard InChI is InChI=1S/C24H22N6O2S/c1-17-12-19(14-27-21(17)13-25)29(2)23(31)24(9-3-10-24)30(16-33)18-4-6-20(7-5-18)32-22-8-11-26-15-28-22/h4-8,11-12,14-16H,3,9-10H2,1-2H3. The zero-order valence-electron chi connectivity index (χ0n) is 18.3. The first-order valence-electron chi connectivity index (χ1n) is 10.4. The smallest absolute Gasteiger partial charge is 0.253 e. The number of anilines is 2. The number of hydrogen-bond acceptors (Lipinski definition) is 7. The molecular weight excluding hydrogens is 436 g/mol. The number of hydrogen-bond donors (Lipinski definition) is 0. The third-order valence-electron chi connectivity index (χ3n) is 5.90. The van der Waals surface area contributed by atoms with Crippen LogP contribution in [0, 0.1) is 18.3 Å². The fraction of sp³-hybridized carbons (Fsp3) is 0.250. The number of carbonyl (C=O) groups is 1. The summed E-state index contributed by atoms with van der Waals surface area (Å²) in [6.07, 6.45) is 6.88. The molecule has 0 unspecified atom stereocenters. The molecule has 3 aromatic rings. The Bertz CT molecular complexity index is 1210. The Kier molecular flexibility index (Phi) is 6.29. The van der Waals surface area contributed by atoms with Crippen molar-refractivity contribution in [1.29, 1.82) is 5.26 Å². The van der Waals surface area contributed by atoms with Gasteiger partial charge in [0, 0.05) is 25.0 Å². The topological polar surface area (TPSA) is 95.2 Å². The summed E-state index contributed by atoms with van der Waals surface area (Å²) in [6, 6.07) is 12.9. The molecule has 0 spiro atoms. The summed E-state index contributed by atoms with van der Waals surface area (Å²) in [5, 5.41) is 9.14. The third-order valence-corrected chi connectivity index (χ3v) is 6.11. The predicted molar refractivity (Wildman–Crippen MR) is 128 cm³/mol. The van der Waals surface area contributed by atoms with Gasteiger partial charge < -0.3 is 14.5 Å². The molecule has 166 valence electrons.